The van der Waals surface area contributed by atoms with E-state index in [0.717, 1.165) is 32.6 Å². The SMILES string of the molecule is CC(C)(C)NCCNCCCN. The second kappa shape index (κ2) is 6.40. The molecule has 0 aliphatic rings. The lowest BCUT2D eigenvalue weighted by atomic mass is 10.1. The third-order valence-corrected chi connectivity index (χ3v) is 1.51. The molecule has 0 aromatic heterocycles. The Balaban J connectivity index is 3.01. The number of rotatable bonds is 6. The predicted octanol–water partition coefficient (Wildman–Crippen LogP) is 0.313. The highest BCUT2D eigenvalue weighted by Gasteiger charge is 2.06. The minimum absolute atomic E-state index is 0.232. The fourth-order valence-electron chi connectivity index (χ4n) is 0.878. The zero-order valence-electron chi connectivity index (χ0n) is 8.61. The number of nitrogens with two attached hydrogens (primary N) is 1. The second-order valence-corrected chi connectivity index (χ2v) is 4.07. The van der Waals surface area contributed by atoms with E-state index < -0.39 is 0 Å². The van der Waals surface area contributed by atoms with Crippen LogP contribution in [0.2, 0.25) is 0 Å². The molecule has 0 fully saturated rings. The Bertz CT molecular complexity index is 96.4. The van der Waals surface area contributed by atoms with Crippen LogP contribution in [0.5, 0.6) is 0 Å². The fourth-order valence-corrected chi connectivity index (χ4v) is 0.878. The van der Waals surface area contributed by atoms with Crippen molar-refractivity contribution in [1.82, 2.24) is 10.6 Å². The summed E-state index contributed by atoms with van der Waals surface area (Å²) in [6.45, 7) is 10.4. The summed E-state index contributed by atoms with van der Waals surface area (Å²) in [7, 11) is 0. The summed E-state index contributed by atoms with van der Waals surface area (Å²) in [5.41, 5.74) is 5.59. The standard InChI is InChI=1S/C9H23N3/c1-9(2,3)12-8-7-11-6-4-5-10/h11-12H,4-8,10H2,1-3H3. The van der Waals surface area contributed by atoms with Crippen molar-refractivity contribution >= 4 is 0 Å². The van der Waals surface area contributed by atoms with E-state index in [1.165, 1.54) is 0 Å². The van der Waals surface area contributed by atoms with E-state index in [2.05, 4.69) is 31.4 Å². The maximum atomic E-state index is 5.36. The van der Waals surface area contributed by atoms with Gasteiger partial charge in [0.25, 0.3) is 0 Å². The molecule has 0 bridgehead atoms. The highest BCUT2D eigenvalue weighted by atomic mass is 15.0. The average Bonchev–Trinajstić information content (AvgIpc) is 1.94. The largest absolute Gasteiger partial charge is 0.330 e. The quantitative estimate of drug-likeness (QED) is 0.507. The molecule has 3 nitrogen and oxygen atoms in total. The summed E-state index contributed by atoms with van der Waals surface area (Å²) in [4.78, 5) is 0. The summed E-state index contributed by atoms with van der Waals surface area (Å²) < 4.78 is 0. The topological polar surface area (TPSA) is 50.1 Å². The van der Waals surface area contributed by atoms with Crippen LogP contribution in [0.3, 0.4) is 0 Å². The summed E-state index contributed by atoms with van der Waals surface area (Å²) in [6, 6.07) is 0. The van der Waals surface area contributed by atoms with Gasteiger partial charge in [0.2, 0.25) is 0 Å². The second-order valence-electron chi connectivity index (χ2n) is 4.07. The molecule has 0 saturated heterocycles. The molecule has 12 heavy (non-hydrogen) atoms. The molecule has 0 aliphatic carbocycles. The average molecular weight is 173 g/mol. The van der Waals surface area contributed by atoms with E-state index in [9.17, 15) is 0 Å². The first-order valence-corrected chi connectivity index (χ1v) is 4.72. The summed E-state index contributed by atoms with van der Waals surface area (Å²) in [6.07, 6.45) is 1.06. The van der Waals surface area contributed by atoms with Crippen molar-refractivity contribution in [3.63, 3.8) is 0 Å². The van der Waals surface area contributed by atoms with Crippen LogP contribution in [0.25, 0.3) is 0 Å². The van der Waals surface area contributed by atoms with Crippen molar-refractivity contribution in [3.8, 4) is 0 Å². The van der Waals surface area contributed by atoms with E-state index in [1.54, 1.807) is 0 Å². The van der Waals surface area contributed by atoms with Crippen molar-refractivity contribution in [1.29, 1.82) is 0 Å². The maximum Gasteiger partial charge on any atom is 0.00970 e. The third kappa shape index (κ3) is 9.88. The van der Waals surface area contributed by atoms with Gasteiger partial charge in [-0.15, -0.1) is 0 Å². The van der Waals surface area contributed by atoms with Gasteiger partial charge in [0.05, 0.1) is 0 Å². The normalized spacial score (nSPS) is 12.0. The monoisotopic (exact) mass is 173 g/mol. The molecule has 0 spiro atoms. The Morgan fingerprint density at radius 1 is 1.08 bits per heavy atom. The van der Waals surface area contributed by atoms with Gasteiger partial charge in [-0.2, -0.15) is 0 Å². The van der Waals surface area contributed by atoms with Gasteiger partial charge in [-0.3, -0.25) is 0 Å². The summed E-state index contributed by atoms with van der Waals surface area (Å²) in [5.74, 6) is 0. The summed E-state index contributed by atoms with van der Waals surface area (Å²) in [5, 5.41) is 6.72. The van der Waals surface area contributed by atoms with Gasteiger partial charge in [0.15, 0.2) is 0 Å². The molecule has 0 aromatic rings. The van der Waals surface area contributed by atoms with Crippen LogP contribution in [0.1, 0.15) is 27.2 Å². The minimum atomic E-state index is 0.232. The lowest BCUT2D eigenvalue weighted by molar-refractivity contribution is 0.421. The Morgan fingerprint density at radius 2 is 1.75 bits per heavy atom. The number of hydrogen-bond acceptors (Lipinski definition) is 3. The van der Waals surface area contributed by atoms with Crippen LogP contribution < -0.4 is 16.4 Å². The van der Waals surface area contributed by atoms with Crippen molar-refractivity contribution in [2.45, 2.75) is 32.7 Å². The van der Waals surface area contributed by atoms with Gasteiger partial charge in [-0.05, 0) is 40.3 Å². The Morgan fingerprint density at radius 3 is 2.25 bits per heavy atom. The van der Waals surface area contributed by atoms with E-state index >= 15 is 0 Å². The van der Waals surface area contributed by atoms with Crippen molar-refractivity contribution in [2.75, 3.05) is 26.2 Å². The molecule has 0 amide bonds. The molecule has 0 rings (SSSR count). The van der Waals surface area contributed by atoms with Crippen molar-refractivity contribution in [3.05, 3.63) is 0 Å². The van der Waals surface area contributed by atoms with Crippen LogP contribution in [0, 0.1) is 0 Å². The lowest BCUT2D eigenvalue weighted by Gasteiger charge is -2.20. The van der Waals surface area contributed by atoms with Gasteiger partial charge >= 0.3 is 0 Å². The highest BCUT2D eigenvalue weighted by Crippen LogP contribution is 1.96. The molecule has 0 aromatic carbocycles. The van der Waals surface area contributed by atoms with E-state index in [1.807, 2.05) is 0 Å². The van der Waals surface area contributed by atoms with E-state index in [-0.39, 0.29) is 5.54 Å². The first-order chi connectivity index (χ1) is 5.56. The molecule has 4 N–H and O–H groups in total. The molecule has 0 atom stereocenters. The molecule has 0 unspecified atom stereocenters. The Labute approximate surface area is 76.1 Å². The number of nitrogens with one attached hydrogen (secondary N) is 2. The zero-order valence-corrected chi connectivity index (χ0v) is 8.61. The molecule has 3 heteroatoms. The smallest absolute Gasteiger partial charge is 0.00970 e. The minimum Gasteiger partial charge on any atom is -0.330 e. The summed E-state index contributed by atoms with van der Waals surface area (Å²) >= 11 is 0. The molecule has 0 heterocycles. The van der Waals surface area contributed by atoms with Gasteiger partial charge in [0.1, 0.15) is 0 Å². The van der Waals surface area contributed by atoms with Gasteiger partial charge in [0, 0.05) is 18.6 Å². The predicted molar refractivity (Wildman–Crippen MR) is 54.3 cm³/mol. The van der Waals surface area contributed by atoms with Gasteiger partial charge < -0.3 is 16.4 Å². The molecule has 0 saturated carbocycles. The Hall–Kier alpha value is -0.120. The maximum absolute atomic E-state index is 5.36. The zero-order chi connectivity index (χ0) is 9.45. The van der Waals surface area contributed by atoms with Gasteiger partial charge in [-0.1, -0.05) is 0 Å². The fraction of sp³-hybridized carbons (Fsp3) is 1.00. The number of hydrogen-bond donors (Lipinski definition) is 3. The van der Waals surface area contributed by atoms with Crippen LogP contribution in [0.4, 0.5) is 0 Å². The molecular formula is C9H23N3. The molecule has 74 valence electrons. The highest BCUT2D eigenvalue weighted by molar-refractivity contribution is 4.70. The van der Waals surface area contributed by atoms with Crippen LogP contribution in [-0.2, 0) is 0 Å². The van der Waals surface area contributed by atoms with Crippen LogP contribution in [-0.4, -0.2) is 31.7 Å². The van der Waals surface area contributed by atoms with Gasteiger partial charge in [-0.25, -0.2) is 0 Å². The molecule has 0 radical (unpaired) electrons. The van der Waals surface area contributed by atoms with Crippen molar-refractivity contribution in [2.24, 2.45) is 5.73 Å². The van der Waals surface area contributed by atoms with E-state index in [4.69, 9.17) is 5.73 Å². The van der Waals surface area contributed by atoms with E-state index in [0.29, 0.717) is 0 Å². The molecular weight excluding hydrogens is 150 g/mol. The van der Waals surface area contributed by atoms with Crippen LogP contribution >= 0.6 is 0 Å². The third-order valence-electron chi connectivity index (χ3n) is 1.51. The first-order valence-electron chi connectivity index (χ1n) is 4.72. The first kappa shape index (κ1) is 11.9. The van der Waals surface area contributed by atoms with Crippen molar-refractivity contribution < 1.29 is 0 Å². The Kier molecular flexibility index (Phi) is 6.34. The molecule has 0 aliphatic heterocycles. The lowest BCUT2D eigenvalue weighted by Crippen LogP contribution is -2.40. The van der Waals surface area contributed by atoms with Crippen LogP contribution in [0.15, 0.2) is 0 Å².